The van der Waals surface area contributed by atoms with Crippen molar-refractivity contribution in [1.82, 2.24) is 10.2 Å². The molecular weight excluding hydrogens is 200 g/mol. The maximum absolute atomic E-state index is 9.39. The SMILES string of the molecule is CCCCN(CC(CO)NC1CC1)C1CC1. The number of unbranched alkanes of at least 4 members (excludes halogenated alkanes) is 1. The van der Waals surface area contributed by atoms with Crippen LogP contribution in [0.2, 0.25) is 0 Å². The Morgan fingerprint density at radius 3 is 2.56 bits per heavy atom. The zero-order valence-electron chi connectivity index (χ0n) is 10.5. The second kappa shape index (κ2) is 5.99. The minimum atomic E-state index is 0.284. The van der Waals surface area contributed by atoms with Gasteiger partial charge in [0.1, 0.15) is 0 Å². The fraction of sp³-hybridized carbons (Fsp3) is 1.00. The summed E-state index contributed by atoms with van der Waals surface area (Å²) in [5.74, 6) is 0. The molecule has 0 amide bonds. The van der Waals surface area contributed by atoms with E-state index in [1.807, 2.05) is 0 Å². The standard InChI is InChI=1S/C13H26N2O/c1-2-3-8-15(13-6-7-13)9-12(10-16)14-11-4-5-11/h11-14,16H,2-10H2,1H3. The molecule has 3 nitrogen and oxygen atoms in total. The molecule has 0 heterocycles. The third kappa shape index (κ3) is 4.04. The van der Waals surface area contributed by atoms with Crippen molar-refractivity contribution in [2.24, 2.45) is 0 Å². The average Bonchev–Trinajstić information content (AvgIpc) is 3.15. The number of nitrogens with one attached hydrogen (secondary N) is 1. The number of hydrogen-bond donors (Lipinski definition) is 2. The first kappa shape index (κ1) is 12.3. The number of hydrogen-bond acceptors (Lipinski definition) is 3. The van der Waals surface area contributed by atoms with Crippen molar-refractivity contribution < 1.29 is 5.11 Å². The molecule has 0 saturated heterocycles. The van der Waals surface area contributed by atoms with Crippen LogP contribution in [0.15, 0.2) is 0 Å². The van der Waals surface area contributed by atoms with Gasteiger partial charge >= 0.3 is 0 Å². The molecule has 94 valence electrons. The predicted molar refractivity (Wildman–Crippen MR) is 66.5 cm³/mol. The van der Waals surface area contributed by atoms with Gasteiger partial charge in [-0.15, -0.1) is 0 Å². The molecular formula is C13H26N2O. The average molecular weight is 226 g/mol. The van der Waals surface area contributed by atoms with Crippen LogP contribution in [0.25, 0.3) is 0 Å². The molecule has 0 aromatic carbocycles. The third-order valence-electron chi connectivity index (χ3n) is 3.59. The van der Waals surface area contributed by atoms with Gasteiger partial charge in [0.2, 0.25) is 0 Å². The molecule has 1 unspecified atom stereocenters. The van der Waals surface area contributed by atoms with Crippen molar-refractivity contribution in [3.05, 3.63) is 0 Å². The summed E-state index contributed by atoms with van der Waals surface area (Å²) >= 11 is 0. The summed E-state index contributed by atoms with van der Waals surface area (Å²) < 4.78 is 0. The van der Waals surface area contributed by atoms with Gasteiger partial charge in [0.05, 0.1) is 6.61 Å². The number of nitrogens with zero attached hydrogens (tertiary/aromatic N) is 1. The van der Waals surface area contributed by atoms with Gasteiger partial charge in [-0.25, -0.2) is 0 Å². The Bertz CT molecular complexity index is 202. The van der Waals surface area contributed by atoms with Crippen molar-refractivity contribution in [2.75, 3.05) is 19.7 Å². The van der Waals surface area contributed by atoms with E-state index in [1.165, 1.54) is 45.1 Å². The van der Waals surface area contributed by atoms with Crippen molar-refractivity contribution >= 4 is 0 Å². The zero-order chi connectivity index (χ0) is 11.4. The molecule has 2 saturated carbocycles. The molecule has 1 atom stereocenters. The highest BCUT2D eigenvalue weighted by atomic mass is 16.3. The van der Waals surface area contributed by atoms with Crippen LogP contribution < -0.4 is 5.32 Å². The van der Waals surface area contributed by atoms with Gasteiger partial charge in [-0.2, -0.15) is 0 Å². The van der Waals surface area contributed by atoms with Crippen LogP contribution in [-0.2, 0) is 0 Å². The van der Waals surface area contributed by atoms with E-state index >= 15 is 0 Å². The lowest BCUT2D eigenvalue weighted by Gasteiger charge is -2.27. The smallest absolute Gasteiger partial charge is 0.0597 e. The number of rotatable bonds is 9. The Kier molecular flexibility index (Phi) is 4.62. The summed E-state index contributed by atoms with van der Waals surface area (Å²) in [5, 5.41) is 12.9. The molecule has 0 bridgehead atoms. The molecule has 3 heteroatoms. The molecule has 0 radical (unpaired) electrons. The topological polar surface area (TPSA) is 35.5 Å². The molecule has 2 aliphatic carbocycles. The maximum Gasteiger partial charge on any atom is 0.0597 e. The second-order valence-corrected chi connectivity index (χ2v) is 5.40. The monoisotopic (exact) mass is 226 g/mol. The minimum Gasteiger partial charge on any atom is -0.395 e. The van der Waals surface area contributed by atoms with Gasteiger partial charge in [0.15, 0.2) is 0 Å². The molecule has 0 aromatic rings. The Labute approximate surface area is 99.2 Å². The Morgan fingerprint density at radius 2 is 2.06 bits per heavy atom. The minimum absolute atomic E-state index is 0.284. The summed E-state index contributed by atoms with van der Waals surface area (Å²) in [4.78, 5) is 2.58. The summed E-state index contributed by atoms with van der Waals surface area (Å²) in [6.45, 7) is 4.78. The summed E-state index contributed by atoms with van der Waals surface area (Å²) in [7, 11) is 0. The molecule has 2 N–H and O–H groups in total. The van der Waals surface area contributed by atoms with E-state index < -0.39 is 0 Å². The predicted octanol–water partition coefficient (Wildman–Crippen LogP) is 1.36. The lowest BCUT2D eigenvalue weighted by atomic mass is 10.2. The summed E-state index contributed by atoms with van der Waals surface area (Å²) in [6.07, 6.45) is 7.89. The van der Waals surface area contributed by atoms with Gasteiger partial charge < -0.3 is 10.4 Å². The van der Waals surface area contributed by atoms with Crippen LogP contribution in [0.4, 0.5) is 0 Å². The number of aliphatic hydroxyl groups excluding tert-OH is 1. The van der Waals surface area contributed by atoms with Crippen molar-refractivity contribution in [1.29, 1.82) is 0 Å². The van der Waals surface area contributed by atoms with Crippen LogP contribution in [0.3, 0.4) is 0 Å². The molecule has 2 fully saturated rings. The Morgan fingerprint density at radius 1 is 1.31 bits per heavy atom. The fourth-order valence-electron chi connectivity index (χ4n) is 2.25. The first-order valence-electron chi connectivity index (χ1n) is 6.94. The van der Waals surface area contributed by atoms with E-state index in [-0.39, 0.29) is 6.61 Å². The van der Waals surface area contributed by atoms with Crippen LogP contribution in [0.1, 0.15) is 45.4 Å². The van der Waals surface area contributed by atoms with Crippen molar-refractivity contribution in [3.8, 4) is 0 Å². The van der Waals surface area contributed by atoms with Gasteiger partial charge in [0.25, 0.3) is 0 Å². The second-order valence-electron chi connectivity index (χ2n) is 5.40. The molecule has 0 aliphatic heterocycles. The van der Waals surface area contributed by atoms with Crippen LogP contribution in [-0.4, -0.2) is 47.8 Å². The molecule has 0 aromatic heterocycles. The quantitative estimate of drug-likeness (QED) is 0.623. The lowest BCUT2D eigenvalue weighted by molar-refractivity contribution is 0.173. The van der Waals surface area contributed by atoms with E-state index in [0.717, 1.165) is 12.6 Å². The van der Waals surface area contributed by atoms with E-state index in [4.69, 9.17) is 0 Å². The largest absolute Gasteiger partial charge is 0.395 e. The molecule has 2 aliphatic rings. The Hall–Kier alpha value is -0.120. The van der Waals surface area contributed by atoms with E-state index in [2.05, 4.69) is 17.1 Å². The number of aliphatic hydroxyl groups is 1. The van der Waals surface area contributed by atoms with Gasteiger partial charge in [-0.3, -0.25) is 4.90 Å². The summed E-state index contributed by atoms with van der Waals surface area (Å²) in [5.41, 5.74) is 0. The third-order valence-corrected chi connectivity index (χ3v) is 3.59. The summed E-state index contributed by atoms with van der Waals surface area (Å²) in [6, 6.07) is 1.82. The van der Waals surface area contributed by atoms with Crippen LogP contribution >= 0.6 is 0 Å². The highest BCUT2D eigenvalue weighted by Gasteiger charge is 2.31. The van der Waals surface area contributed by atoms with Crippen LogP contribution in [0.5, 0.6) is 0 Å². The first-order chi connectivity index (χ1) is 7.83. The van der Waals surface area contributed by atoms with Gasteiger partial charge in [0, 0.05) is 24.7 Å². The molecule has 0 spiro atoms. The normalized spacial score (nSPS) is 22.7. The molecule has 2 rings (SSSR count). The van der Waals surface area contributed by atoms with E-state index in [0.29, 0.717) is 12.1 Å². The molecule has 16 heavy (non-hydrogen) atoms. The Balaban J connectivity index is 1.72. The van der Waals surface area contributed by atoms with Gasteiger partial charge in [-0.05, 0) is 38.6 Å². The zero-order valence-corrected chi connectivity index (χ0v) is 10.5. The van der Waals surface area contributed by atoms with Crippen molar-refractivity contribution in [2.45, 2.75) is 63.6 Å². The maximum atomic E-state index is 9.39. The first-order valence-corrected chi connectivity index (χ1v) is 6.94. The highest BCUT2D eigenvalue weighted by molar-refractivity contribution is 4.90. The van der Waals surface area contributed by atoms with E-state index in [1.54, 1.807) is 0 Å². The fourth-order valence-corrected chi connectivity index (χ4v) is 2.25. The highest BCUT2D eigenvalue weighted by Crippen LogP contribution is 2.27. The van der Waals surface area contributed by atoms with Crippen LogP contribution in [0, 0.1) is 0 Å². The van der Waals surface area contributed by atoms with Crippen molar-refractivity contribution in [3.63, 3.8) is 0 Å². The lowest BCUT2D eigenvalue weighted by Crippen LogP contribution is -2.45. The van der Waals surface area contributed by atoms with Gasteiger partial charge in [-0.1, -0.05) is 13.3 Å². The van der Waals surface area contributed by atoms with E-state index in [9.17, 15) is 5.11 Å².